The molecule has 1 saturated heterocycles. The molecule has 0 bridgehead atoms. The summed E-state index contributed by atoms with van der Waals surface area (Å²) in [5.41, 5.74) is 1.13. The maximum atomic E-state index is 11.8. The smallest absolute Gasteiger partial charge is 0.220 e. The van der Waals surface area contributed by atoms with E-state index in [1.807, 2.05) is 31.2 Å². The van der Waals surface area contributed by atoms with Crippen molar-refractivity contribution in [2.45, 2.75) is 26.2 Å². The van der Waals surface area contributed by atoms with Crippen molar-refractivity contribution in [3.63, 3.8) is 0 Å². The molecule has 1 aromatic rings. The van der Waals surface area contributed by atoms with E-state index in [1.165, 1.54) is 0 Å². The molecule has 1 aromatic carbocycles. The summed E-state index contributed by atoms with van der Waals surface area (Å²) in [6.45, 7) is 8.83. The predicted molar refractivity (Wildman–Crippen MR) is 92.8 cm³/mol. The van der Waals surface area contributed by atoms with Gasteiger partial charge >= 0.3 is 0 Å². The minimum atomic E-state index is 0.124. The van der Waals surface area contributed by atoms with E-state index >= 15 is 0 Å². The van der Waals surface area contributed by atoms with E-state index in [0.29, 0.717) is 13.0 Å². The highest BCUT2D eigenvalue weighted by Crippen LogP contribution is 2.16. The molecule has 1 heterocycles. The molecular formula is C18H29N3O2. The summed E-state index contributed by atoms with van der Waals surface area (Å²) in [5.74, 6) is 1.03. The number of hydrogen-bond donors (Lipinski definition) is 2. The van der Waals surface area contributed by atoms with Gasteiger partial charge in [0.2, 0.25) is 5.91 Å². The number of carbonyl (C=O) groups is 1. The lowest BCUT2D eigenvalue weighted by Crippen LogP contribution is -2.44. The molecular weight excluding hydrogens is 290 g/mol. The van der Waals surface area contributed by atoms with Gasteiger partial charge in [0.15, 0.2) is 0 Å². The molecule has 1 fully saturated rings. The minimum absolute atomic E-state index is 0.124. The van der Waals surface area contributed by atoms with Crippen LogP contribution in [0.25, 0.3) is 0 Å². The number of benzene rings is 1. The van der Waals surface area contributed by atoms with Crippen molar-refractivity contribution < 1.29 is 9.53 Å². The van der Waals surface area contributed by atoms with E-state index in [4.69, 9.17) is 4.74 Å². The first-order chi connectivity index (χ1) is 11.3. The molecule has 5 nitrogen and oxygen atoms in total. The Hall–Kier alpha value is -1.59. The second kappa shape index (κ2) is 10.2. The second-order valence-electron chi connectivity index (χ2n) is 6.01. The Kier molecular flexibility index (Phi) is 7.90. The fourth-order valence-electron chi connectivity index (χ4n) is 2.69. The summed E-state index contributed by atoms with van der Waals surface area (Å²) in [4.78, 5) is 14.2. The minimum Gasteiger partial charge on any atom is -0.493 e. The highest BCUT2D eigenvalue weighted by molar-refractivity contribution is 5.75. The van der Waals surface area contributed by atoms with Crippen molar-refractivity contribution in [2.24, 2.45) is 0 Å². The van der Waals surface area contributed by atoms with Gasteiger partial charge in [0.25, 0.3) is 0 Å². The van der Waals surface area contributed by atoms with E-state index in [1.54, 1.807) is 0 Å². The third-order valence-electron chi connectivity index (χ3n) is 4.08. The molecule has 128 valence electrons. The summed E-state index contributed by atoms with van der Waals surface area (Å²) in [5, 5.41) is 6.34. The van der Waals surface area contributed by atoms with E-state index < -0.39 is 0 Å². The first-order valence-electron chi connectivity index (χ1n) is 8.64. The van der Waals surface area contributed by atoms with E-state index in [9.17, 15) is 4.79 Å². The molecule has 1 amide bonds. The number of aryl methyl sites for hydroxylation is 1. The van der Waals surface area contributed by atoms with E-state index in [-0.39, 0.29) is 5.91 Å². The van der Waals surface area contributed by atoms with Crippen LogP contribution in [0.3, 0.4) is 0 Å². The van der Waals surface area contributed by atoms with Crippen molar-refractivity contribution in [3.8, 4) is 5.75 Å². The molecule has 1 aliphatic heterocycles. The fraction of sp³-hybridized carbons (Fsp3) is 0.611. The highest BCUT2D eigenvalue weighted by Gasteiger charge is 2.08. The Balaban J connectivity index is 1.47. The standard InChI is InChI=1S/C18H29N3O2/c1-16-6-2-3-7-17(16)23-15-4-8-18(22)20-9-5-12-21-13-10-19-11-14-21/h2-3,6-7,19H,4-5,8-15H2,1H3,(H,20,22). The summed E-state index contributed by atoms with van der Waals surface area (Å²) in [6, 6.07) is 7.95. The van der Waals surface area contributed by atoms with Gasteiger partial charge in [-0.05, 0) is 37.9 Å². The third-order valence-corrected chi connectivity index (χ3v) is 4.08. The fourth-order valence-corrected chi connectivity index (χ4v) is 2.69. The molecule has 0 aliphatic carbocycles. The molecule has 0 unspecified atom stereocenters. The Morgan fingerprint density at radius 2 is 2.04 bits per heavy atom. The Bertz CT molecular complexity index is 473. The number of amides is 1. The SMILES string of the molecule is Cc1ccccc1OCCCC(=O)NCCCN1CCNCC1. The van der Waals surface area contributed by atoms with Crippen LogP contribution in [0.5, 0.6) is 5.75 Å². The van der Waals surface area contributed by atoms with Gasteiger partial charge in [0, 0.05) is 39.1 Å². The van der Waals surface area contributed by atoms with Crippen molar-refractivity contribution in [1.82, 2.24) is 15.5 Å². The Morgan fingerprint density at radius 3 is 2.83 bits per heavy atom. The van der Waals surface area contributed by atoms with Crippen LogP contribution in [0.4, 0.5) is 0 Å². The normalized spacial score (nSPS) is 15.3. The van der Waals surface area contributed by atoms with Gasteiger partial charge in [0.1, 0.15) is 5.75 Å². The van der Waals surface area contributed by atoms with Gasteiger partial charge in [-0.3, -0.25) is 4.79 Å². The molecule has 0 saturated carbocycles. The van der Waals surface area contributed by atoms with Crippen molar-refractivity contribution >= 4 is 5.91 Å². The molecule has 23 heavy (non-hydrogen) atoms. The third kappa shape index (κ3) is 7.01. The van der Waals surface area contributed by atoms with Crippen LogP contribution in [0.2, 0.25) is 0 Å². The maximum Gasteiger partial charge on any atom is 0.220 e. The number of carbonyl (C=O) groups excluding carboxylic acids is 1. The summed E-state index contributed by atoms with van der Waals surface area (Å²) in [6.07, 6.45) is 2.29. The zero-order valence-corrected chi connectivity index (χ0v) is 14.1. The topological polar surface area (TPSA) is 53.6 Å². The van der Waals surface area contributed by atoms with Gasteiger partial charge in [-0.25, -0.2) is 0 Å². The number of rotatable bonds is 9. The zero-order chi connectivity index (χ0) is 16.3. The van der Waals surface area contributed by atoms with Crippen LogP contribution in [0.15, 0.2) is 24.3 Å². The summed E-state index contributed by atoms with van der Waals surface area (Å²) >= 11 is 0. The summed E-state index contributed by atoms with van der Waals surface area (Å²) in [7, 11) is 0. The van der Waals surface area contributed by atoms with Gasteiger partial charge in [-0.2, -0.15) is 0 Å². The monoisotopic (exact) mass is 319 g/mol. The van der Waals surface area contributed by atoms with E-state index in [2.05, 4.69) is 15.5 Å². The summed E-state index contributed by atoms with van der Waals surface area (Å²) < 4.78 is 5.70. The lowest BCUT2D eigenvalue weighted by molar-refractivity contribution is -0.121. The number of piperazine rings is 1. The number of hydrogen-bond acceptors (Lipinski definition) is 4. The van der Waals surface area contributed by atoms with Crippen molar-refractivity contribution in [1.29, 1.82) is 0 Å². The average molecular weight is 319 g/mol. The number of ether oxygens (including phenoxy) is 1. The van der Waals surface area contributed by atoms with Crippen LogP contribution in [0.1, 0.15) is 24.8 Å². The molecule has 0 spiro atoms. The van der Waals surface area contributed by atoms with Crippen LogP contribution < -0.4 is 15.4 Å². The van der Waals surface area contributed by atoms with Gasteiger partial charge < -0.3 is 20.3 Å². The Morgan fingerprint density at radius 1 is 1.26 bits per heavy atom. The average Bonchev–Trinajstić information content (AvgIpc) is 2.58. The van der Waals surface area contributed by atoms with Crippen LogP contribution >= 0.6 is 0 Å². The van der Waals surface area contributed by atoms with Crippen LogP contribution in [-0.4, -0.2) is 56.7 Å². The zero-order valence-electron chi connectivity index (χ0n) is 14.1. The molecule has 0 radical (unpaired) electrons. The molecule has 5 heteroatoms. The number of nitrogens with one attached hydrogen (secondary N) is 2. The maximum absolute atomic E-state index is 11.8. The molecule has 1 aliphatic rings. The van der Waals surface area contributed by atoms with Gasteiger partial charge in [0.05, 0.1) is 6.61 Å². The van der Waals surface area contributed by atoms with E-state index in [0.717, 1.165) is 63.4 Å². The predicted octanol–water partition coefficient (Wildman–Crippen LogP) is 1.57. The largest absolute Gasteiger partial charge is 0.493 e. The van der Waals surface area contributed by atoms with Crippen LogP contribution in [0, 0.1) is 6.92 Å². The lowest BCUT2D eigenvalue weighted by Gasteiger charge is -2.27. The van der Waals surface area contributed by atoms with Crippen molar-refractivity contribution in [3.05, 3.63) is 29.8 Å². The number of nitrogens with zero attached hydrogens (tertiary/aromatic N) is 1. The lowest BCUT2D eigenvalue weighted by atomic mass is 10.2. The molecule has 2 rings (SSSR count). The van der Waals surface area contributed by atoms with Crippen LogP contribution in [-0.2, 0) is 4.79 Å². The molecule has 0 aromatic heterocycles. The molecule has 2 N–H and O–H groups in total. The Labute approximate surface area is 139 Å². The number of para-hydroxylation sites is 1. The molecule has 0 atom stereocenters. The first-order valence-corrected chi connectivity index (χ1v) is 8.64. The van der Waals surface area contributed by atoms with Gasteiger partial charge in [-0.15, -0.1) is 0 Å². The highest BCUT2D eigenvalue weighted by atomic mass is 16.5. The first kappa shape index (κ1) is 17.8. The second-order valence-corrected chi connectivity index (χ2v) is 6.01. The quantitative estimate of drug-likeness (QED) is 0.678. The van der Waals surface area contributed by atoms with Gasteiger partial charge in [-0.1, -0.05) is 18.2 Å². The van der Waals surface area contributed by atoms with Crippen molar-refractivity contribution in [2.75, 3.05) is 45.9 Å².